The highest BCUT2D eigenvalue weighted by Crippen LogP contribution is 2.20. The van der Waals surface area contributed by atoms with Gasteiger partial charge < -0.3 is 15.2 Å². The number of carbonyl (C=O) groups excluding carboxylic acids is 1. The lowest BCUT2D eigenvalue weighted by Crippen LogP contribution is -2.41. The standard InChI is InChI=1S/C17H26N4OS/c1-17(2,11-18)12-20(3)16(22)9-21-14-8-6-5-7-13(14)19-15(21)10-23-4/h5-8H,9-12,18H2,1-4H3. The van der Waals surface area contributed by atoms with Crippen LogP contribution in [0.4, 0.5) is 0 Å². The van der Waals surface area contributed by atoms with Crippen LogP contribution in [0.5, 0.6) is 0 Å². The van der Waals surface area contributed by atoms with Crippen LogP contribution in [0.25, 0.3) is 11.0 Å². The first-order valence-corrected chi connectivity index (χ1v) is 9.14. The fourth-order valence-corrected chi connectivity index (χ4v) is 3.07. The van der Waals surface area contributed by atoms with Crippen molar-refractivity contribution in [2.75, 3.05) is 26.4 Å². The summed E-state index contributed by atoms with van der Waals surface area (Å²) in [4.78, 5) is 19.1. The van der Waals surface area contributed by atoms with Gasteiger partial charge in [-0.1, -0.05) is 26.0 Å². The molecule has 0 bridgehead atoms. The minimum absolute atomic E-state index is 0.0798. The number of likely N-dealkylation sites (N-methyl/N-ethyl adjacent to an activating group) is 1. The van der Waals surface area contributed by atoms with E-state index in [9.17, 15) is 4.79 Å². The molecular formula is C17H26N4OS. The predicted molar refractivity (Wildman–Crippen MR) is 97.4 cm³/mol. The number of nitrogens with two attached hydrogens (primary N) is 1. The molecule has 2 N–H and O–H groups in total. The molecule has 0 aliphatic carbocycles. The molecule has 0 spiro atoms. The first-order chi connectivity index (χ1) is 10.9. The maximum atomic E-state index is 12.6. The second kappa shape index (κ2) is 7.36. The number of benzene rings is 1. The average Bonchev–Trinajstić information content (AvgIpc) is 2.85. The van der Waals surface area contributed by atoms with Crippen LogP contribution in [0, 0.1) is 5.41 Å². The number of rotatable bonds is 7. The number of nitrogens with zero attached hydrogens (tertiary/aromatic N) is 3. The first kappa shape index (κ1) is 17.8. The highest BCUT2D eigenvalue weighted by Gasteiger charge is 2.22. The molecule has 1 aromatic heterocycles. The maximum absolute atomic E-state index is 12.6. The Labute approximate surface area is 142 Å². The van der Waals surface area contributed by atoms with Crippen LogP contribution < -0.4 is 5.73 Å². The smallest absolute Gasteiger partial charge is 0.242 e. The Morgan fingerprint density at radius 2 is 2.09 bits per heavy atom. The summed E-state index contributed by atoms with van der Waals surface area (Å²) in [7, 11) is 1.84. The molecule has 2 aromatic rings. The highest BCUT2D eigenvalue weighted by atomic mass is 32.2. The van der Waals surface area contributed by atoms with Crippen LogP contribution in [-0.4, -0.2) is 46.8 Å². The van der Waals surface area contributed by atoms with Crippen LogP contribution in [0.2, 0.25) is 0 Å². The van der Waals surface area contributed by atoms with Crippen LogP contribution in [0.3, 0.4) is 0 Å². The third-order valence-corrected chi connectivity index (χ3v) is 4.49. The maximum Gasteiger partial charge on any atom is 0.242 e. The largest absolute Gasteiger partial charge is 0.344 e. The number of thioether (sulfide) groups is 1. The fourth-order valence-electron chi connectivity index (χ4n) is 2.59. The van der Waals surface area contributed by atoms with E-state index in [1.807, 2.05) is 42.1 Å². The molecule has 0 saturated heterocycles. The van der Waals surface area contributed by atoms with E-state index >= 15 is 0 Å². The Kier molecular flexibility index (Phi) is 5.70. The number of para-hydroxylation sites is 2. The van der Waals surface area contributed by atoms with Crippen LogP contribution >= 0.6 is 11.8 Å². The molecule has 0 aliphatic rings. The Morgan fingerprint density at radius 3 is 2.74 bits per heavy atom. The van der Waals surface area contributed by atoms with Gasteiger partial charge in [0.25, 0.3) is 0 Å². The molecule has 0 fully saturated rings. The van der Waals surface area contributed by atoms with E-state index in [-0.39, 0.29) is 11.3 Å². The summed E-state index contributed by atoms with van der Waals surface area (Å²) in [6.07, 6.45) is 2.04. The van der Waals surface area contributed by atoms with Crippen molar-refractivity contribution in [1.29, 1.82) is 0 Å². The molecule has 0 unspecified atom stereocenters. The summed E-state index contributed by atoms with van der Waals surface area (Å²) in [5.74, 6) is 1.82. The molecule has 0 saturated carbocycles. The first-order valence-electron chi connectivity index (χ1n) is 7.75. The van der Waals surface area contributed by atoms with E-state index in [4.69, 9.17) is 5.73 Å². The van der Waals surface area contributed by atoms with Gasteiger partial charge in [-0.15, -0.1) is 0 Å². The minimum atomic E-state index is -0.0798. The van der Waals surface area contributed by atoms with E-state index in [2.05, 4.69) is 18.8 Å². The summed E-state index contributed by atoms with van der Waals surface area (Å²) < 4.78 is 2.03. The van der Waals surface area contributed by atoms with Gasteiger partial charge in [0.15, 0.2) is 0 Å². The van der Waals surface area contributed by atoms with E-state index < -0.39 is 0 Å². The Morgan fingerprint density at radius 1 is 1.39 bits per heavy atom. The molecule has 6 heteroatoms. The van der Waals surface area contributed by atoms with Crippen LogP contribution in [0.15, 0.2) is 24.3 Å². The zero-order valence-electron chi connectivity index (χ0n) is 14.4. The SMILES string of the molecule is CSCc1nc2ccccc2n1CC(=O)N(C)CC(C)(C)CN. The predicted octanol–water partition coefficient (Wildman–Crippen LogP) is 2.34. The van der Waals surface area contributed by atoms with Gasteiger partial charge in [-0.05, 0) is 30.3 Å². The number of carbonyl (C=O) groups is 1. The Bertz CT molecular complexity index is 680. The molecule has 1 amide bonds. The van der Waals surface area contributed by atoms with E-state index in [0.29, 0.717) is 19.6 Å². The average molecular weight is 334 g/mol. The zero-order chi connectivity index (χ0) is 17.0. The summed E-state index contributed by atoms with van der Waals surface area (Å²) in [6, 6.07) is 7.96. The van der Waals surface area contributed by atoms with Crippen molar-refractivity contribution >= 4 is 28.7 Å². The molecular weight excluding hydrogens is 308 g/mol. The second-order valence-electron chi connectivity index (χ2n) is 6.65. The minimum Gasteiger partial charge on any atom is -0.344 e. The summed E-state index contributed by atoms with van der Waals surface area (Å²) in [6.45, 7) is 5.65. The van der Waals surface area contributed by atoms with Gasteiger partial charge in [0.05, 0.1) is 16.8 Å². The van der Waals surface area contributed by atoms with Crippen molar-refractivity contribution in [2.24, 2.45) is 11.1 Å². The normalized spacial score (nSPS) is 11.9. The lowest BCUT2D eigenvalue weighted by molar-refractivity contribution is -0.131. The number of aromatic nitrogens is 2. The third kappa shape index (κ3) is 4.26. The van der Waals surface area contributed by atoms with Crippen LogP contribution in [-0.2, 0) is 17.1 Å². The quantitative estimate of drug-likeness (QED) is 0.844. The highest BCUT2D eigenvalue weighted by molar-refractivity contribution is 7.97. The Hall–Kier alpha value is -1.53. The van der Waals surface area contributed by atoms with Gasteiger partial charge in [-0.3, -0.25) is 4.79 Å². The molecule has 0 aliphatic heterocycles. The lowest BCUT2D eigenvalue weighted by Gasteiger charge is -2.29. The van der Waals surface area contributed by atoms with Gasteiger partial charge in [0, 0.05) is 13.6 Å². The van der Waals surface area contributed by atoms with Crippen molar-refractivity contribution in [3.8, 4) is 0 Å². The summed E-state index contributed by atoms with van der Waals surface area (Å²) >= 11 is 1.71. The molecule has 1 aromatic carbocycles. The molecule has 5 nitrogen and oxygen atoms in total. The molecule has 0 radical (unpaired) electrons. The van der Waals surface area contributed by atoms with Gasteiger partial charge >= 0.3 is 0 Å². The molecule has 126 valence electrons. The van der Waals surface area contributed by atoms with Gasteiger partial charge in [0.1, 0.15) is 12.4 Å². The third-order valence-electron chi connectivity index (χ3n) is 3.94. The zero-order valence-corrected chi connectivity index (χ0v) is 15.2. The monoisotopic (exact) mass is 334 g/mol. The topological polar surface area (TPSA) is 64.2 Å². The van der Waals surface area contributed by atoms with Crippen molar-refractivity contribution < 1.29 is 4.79 Å². The van der Waals surface area contributed by atoms with Crippen molar-refractivity contribution in [2.45, 2.75) is 26.1 Å². The Balaban J connectivity index is 2.23. The molecule has 23 heavy (non-hydrogen) atoms. The molecule has 0 atom stereocenters. The number of hydrogen-bond donors (Lipinski definition) is 1. The number of fused-ring (bicyclic) bond motifs is 1. The van der Waals surface area contributed by atoms with Crippen molar-refractivity contribution in [3.63, 3.8) is 0 Å². The van der Waals surface area contributed by atoms with Gasteiger partial charge in [0.2, 0.25) is 5.91 Å². The summed E-state index contributed by atoms with van der Waals surface area (Å²) in [5, 5.41) is 0. The summed E-state index contributed by atoms with van der Waals surface area (Å²) in [5.41, 5.74) is 7.64. The van der Waals surface area contributed by atoms with Crippen molar-refractivity contribution in [1.82, 2.24) is 14.5 Å². The second-order valence-corrected chi connectivity index (χ2v) is 7.52. The number of amides is 1. The lowest BCUT2D eigenvalue weighted by atomic mass is 9.93. The van der Waals surface area contributed by atoms with Crippen molar-refractivity contribution in [3.05, 3.63) is 30.1 Å². The number of hydrogen-bond acceptors (Lipinski definition) is 4. The van der Waals surface area contributed by atoms with Gasteiger partial charge in [-0.2, -0.15) is 11.8 Å². The van der Waals surface area contributed by atoms with Crippen LogP contribution in [0.1, 0.15) is 19.7 Å². The van der Waals surface area contributed by atoms with Gasteiger partial charge in [-0.25, -0.2) is 4.98 Å². The fraction of sp³-hybridized carbons (Fsp3) is 0.529. The number of imidazole rings is 1. The van der Waals surface area contributed by atoms with E-state index in [1.165, 1.54) is 0 Å². The molecule has 1 heterocycles. The molecule has 2 rings (SSSR count). The van der Waals surface area contributed by atoms with E-state index in [0.717, 1.165) is 22.6 Å². The van der Waals surface area contributed by atoms with E-state index in [1.54, 1.807) is 16.7 Å².